The maximum atomic E-state index is 5.92. The van der Waals surface area contributed by atoms with Gasteiger partial charge in [-0.1, -0.05) is 42.6 Å². The lowest BCUT2D eigenvalue weighted by molar-refractivity contribution is 0.0284. The lowest BCUT2D eigenvalue weighted by Crippen LogP contribution is -2.18. The van der Waals surface area contributed by atoms with Gasteiger partial charge < -0.3 is 10.1 Å². The van der Waals surface area contributed by atoms with Crippen LogP contribution in [-0.2, 0) is 4.74 Å². The fourth-order valence-electron chi connectivity index (χ4n) is 2.79. The maximum Gasteiger partial charge on any atom is 0.247 e. The predicted molar refractivity (Wildman–Crippen MR) is 85.1 cm³/mol. The van der Waals surface area contributed by atoms with Gasteiger partial charge in [-0.3, -0.25) is 0 Å². The van der Waals surface area contributed by atoms with Crippen LogP contribution in [0.4, 0.5) is 5.95 Å². The SMILES string of the molecule is c1ccc(-n2nnnc2NCCCOC2CCCCC2)cc1. The number of benzene rings is 1. The minimum absolute atomic E-state index is 0.475. The van der Waals surface area contributed by atoms with Crippen LogP contribution in [0.1, 0.15) is 38.5 Å². The van der Waals surface area contributed by atoms with Gasteiger partial charge in [-0.15, -0.1) is 0 Å². The van der Waals surface area contributed by atoms with Gasteiger partial charge in [0.1, 0.15) is 0 Å². The molecule has 1 heterocycles. The van der Waals surface area contributed by atoms with Crippen molar-refractivity contribution in [3.63, 3.8) is 0 Å². The minimum Gasteiger partial charge on any atom is -0.378 e. The number of hydrogen-bond acceptors (Lipinski definition) is 5. The van der Waals surface area contributed by atoms with E-state index in [-0.39, 0.29) is 0 Å². The number of hydrogen-bond donors (Lipinski definition) is 1. The number of tetrazole rings is 1. The second-order valence-corrected chi connectivity index (χ2v) is 5.66. The third-order valence-corrected chi connectivity index (χ3v) is 3.98. The van der Waals surface area contributed by atoms with Crippen LogP contribution in [0.25, 0.3) is 5.69 Å². The zero-order valence-corrected chi connectivity index (χ0v) is 12.8. The summed E-state index contributed by atoms with van der Waals surface area (Å²) in [6, 6.07) is 9.88. The number of nitrogens with one attached hydrogen (secondary N) is 1. The van der Waals surface area contributed by atoms with Crippen molar-refractivity contribution in [1.82, 2.24) is 20.2 Å². The van der Waals surface area contributed by atoms with Gasteiger partial charge in [-0.25, -0.2) is 0 Å². The van der Waals surface area contributed by atoms with Crippen LogP contribution in [-0.4, -0.2) is 39.5 Å². The summed E-state index contributed by atoms with van der Waals surface area (Å²) in [5, 5.41) is 15.1. The Morgan fingerprint density at radius 1 is 1.14 bits per heavy atom. The Hall–Kier alpha value is -1.95. The van der Waals surface area contributed by atoms with Crippen LogP contribution in [0.15, 0.2) is 30.3 Å². The molecule has 0 radical (unpaired) electrons. The summed E-state index contributed by atoms with van der Waals surface area (Å²) in [5.41, 5.74) is 0.952. The molecule has 1 aromatic carbocycles. The van der Waals surface area contributed by atoms with Crippen molar-refractivity contribution in [2.24, 2.45) is 0 Å². The van der Waals surface area contributed by atoms with Crippen LogP contribution in [0.3, 0.4) is 0 Å². The van der Waals surface area contributed by atoms with E-state index in [1.165, 1.54) is 32.1 Å². The second-order valence-electron chi connectivity index (χ2n) is 5.66. The summed E-state index contributed by atoms with van der Waals surface area (Å²) >= 11 is 0. The summed E-state index contributed by atoms with van der Waals surface area (Å²) in [7, 11) is 0. The first kappa shape index (κ1) is 15.0. The first-order chi connectivity index (χ1) is 10.9. The summed E-state index contributed by atoms with van der Waals surface area (Å²) in [6.45, 7) is 1.60. The number of nitrogens with zero attached hydrogens (tertiary/aromatic N) is 4. The van der Waals surface area contributed by atoms with Gasteiger partial charge in [-0.2, -0.15) is 4.68 Å². The lowest BCUT2D eigenvalue weighted by Gasteiger charge is -2.21. The average molecular weight is 301 g/mol. The third-order valence-electron chi connectivity index (χ3n) is 3.98. The molecule has 0 spiro atoms. The molecule has 2 aromatic rings. The predicted octanol–water partition coefficient (Wildman–Crippen LogP) is 2.81. The van der Waals surface area contributed by atoms with E-state index in [0.29, 0.717) is 12.1 Å². The summed E-state index contributed by atoms with van der Waals surface area (Å²) in [5.74, 6) is 0.670. The van der Waals surface area contributed by atoms with Gasteiger partial charge in [-0.05, 0) is 41.8 Å². The van der Waals surface area contributed by atoms with Crippen molar-refractivity contribution in [1.29, 1.82) is 0 Å². The number of para-hydroxylation sites is 1. The normalized spacial score (nSPS) is 15.8. The van der Waals surface area contributed by atoms with Crippen LogP contribution in [0, 0.1) is 0 Å². The van der Waals surface area contributed by atoms with Crippen molar-refractivity contribution in [2.45, 2.75) is 44.6 Å². The van der Waals surface area contributed by atoms with Gasteiger partial charge in [0.2, 0.25) is 5.95 Å². The Bertz CT molecular complexity index is 551. The topological polar surface area (TPSA) is 64.9 Å². The first-order valence-electron chi connectivity index (χ1n) is 8.13. The highest BCUT2D eigenvalue weighted by Crippen LogP contribution is 2.20. The molecule has 1 aromatic heterocycles. The molecule has 0 saturated heterocycles. The molecule has 0 bridgehead atoms. The van der Waals surface area contributed by atoms with Gasteiger partial charge in [0, 0.05) is 13.2 Å². The van der Waals surface area contributed by atoms with Crippen molar-refractivity contribution < 1.29 is 4.74 Å². The maximum absolute atomic E-state index is 5.92. The fourth-order valence-corrected chi connectivity index (χ4v) is 2.79. The number of ether oxygens (including phenoxy) is 1. The molecule has 0 unspecified atom stereocenters. The molecule has 0 aliphatic heterocycles. The Labute approximate surface area is 130 Å². The Balaban J connectivity index is 1.42. The van der Waals surface area contributed by atoms with E-state index in [4.69, 9.17) is 4.74 Å². The molecule has 1 fully saturated rings. The lowest BCUT2D eigenvalue weighted by atomic mass is 9.98. The first-order valence-corrected chi connectivity index (χ1v) is 8.13. The second kappa shape index (κ2) is 7.89. The third kappa shape index (κ3) is 4.04. The molecule has 118 valence electrons. The van der Waals surface area contributed by atoms with E-state index in [2.05, 4.69) is 20.8 Å². The Morgan fingerprint density at radius 3 is 2.77 bits per heavy atom. The van der Waals surface area contributed by atoms with Crippen molar-refractivity contribution in [2.75, 3.05) is 18.5 Å². The van der Waals surface area contributed by atoms with Crippen LogP contribution in [0.2, 0.25) is 0 Å². The highest BCUT2D eigenvalue weighted by Gasteiger charge is 2.13. The fraction of sp³-hybridized carbons (Fsp3) is 0.562. The molecule has 6 nitrogen and oxygen atoms in total. The zero-order chi connectivity index (χ0) is 15.0. The largest absolute Gasteiger partial charge is 0.378 e. The number of anilines is 1. The van der Waals surface area contributed by atoms with Crippen LogP contribution < -0.4 is 5.32 Å². The number of rotatable bonds is 7. The van der Waals surface area contributed by atoms with E-state index in [9.17, 15) is 0 Å². The van der Waals surface area contributed by atoms with Crippen LogP contribution >= 0.6 is 0 Å². The molecule has 0 atom stereocenters. The Morgan fingerprint density at radius 2 is 1.95 bits per heavy atom. The quantitative estimate of drug-likeness (QED) is 0.797. The summed E-state index contributed by atoms with van der Waals surface area (Å²) in [4.78, 5) is 0. The molecular weight excluding hydrogens is 278 g/mol. The van der Waals surface area contributed by atoms with Gasteiger partial charge in [0.15, 0.2) is 0 Å². The summed E-state index contributed by atoms with van der Waals surface area (Å²) < 4.78 is 7.63. The monoisotopic (exact) mass is 301 g/mol. The number of aromatic nitrogens is 4. The van der Waals surface area contributed by atoms with E-state index in [0.717, 1.165) is 25.3 Å². The van der Waals surface area contributed by atoms with E-state index >= 15 is 0 Å². The van der Waals surface area contributed by atoms with E-state index in [1.807, 2.05) is 30.3 Å². The van der Waals surface area contributed by atoms with Crippen molar-refractivity contribution >= 4 is 5.95 Å². The highest BCUT2D eigenvalue weighted by molar-refractivity contribution is 5.38. The van der Waals surface area contributed by atoms with Gasteiger partial charge in [0.05, 0.1) is 11.8 Å². The Kier molecular flexibility index (Phi) is 5.37. The zero-order valence-electron chi connectivity index (χ0n) is 12.8. The van der Waals surface area contributed by atoms with Crippen LogP contribution in [0.5, 0.6) is 0 Å². The molecular formula is C16H23N5O. The van der Waals surface area contributed by atoms with Gasteiger partial charge >= 0.3 is 0 Å². The van der Waals surface area contributed by atoms with Gasteiger partial charge in [0.25, 0.3) is 0 Å². The van der Waals surface area contributed by atoms with E-state index < -0.39 is 0 Å². The molecule has 1 aliphatic carbocycles. The average Bonchev–Trinajstić information content (AvgIpc) is 3.05. The molecule has 22 heavy (non-hydrogen) atoms. The molecule has 0 amide bonds. The summed E-state index contributed by atoms with van der Waals surface area (Å²) in [6.07, 6.45) is 7.87. The van der Waals surface area contributed by atoms with Crippen molar-refractivity contribution in [3.8, 4) is 5.69 Å². The van der Waals surface area contributed by atoms with Crippen molar-refractivity contribution in [3.05, 3.63) is 30.3 Å². The van der Waals surface area contributed by atoms with E-state index in [1.54, 1.807) is 4.68 Å². The molecule has 3 rings (SSSR count). The highest BCUT2D eigenvalue weighted by atomic mass is 16.5. The molecule has 1 saturated carbocycles. The minimum atomic E-state index is 0.475. The smallest absolute Gasteiger partial charge is 0.247 e. The molecule has 1 aliphatic rings. The molecule has 6 heteroatoms. The standard InChI is InChI=1S/C16H23N5O/c1-3-8-14(9-4-1)21-16(18-19-20-21)17-12-7-13-22-15-10-5-2-6-11-15/h1,3-4,8-9,15H,2,5-7,10-13H2,(H,17,18,20). The molecule has 1 N–H and O–H groups in total.